The van der Waals surface area contributed by atoms with Crippen molar-refractivity contribution in [1.82, 2.24) is 4.90 Å². The highest BCUT2D eigenvalue weighted by Crippen LogP contribution is 2.26. The number of nitrogens with zero attached hydrogens (tertiary/aromatic N) is 1. The number of benzene rings is 1. The maximum atomic E-state index is 12.6. The highest BCUT2D eigenvalue weighted by atomic mass is 32.2. The summed E-state index contributed by atoms with van der Waals surface area (Å²) in [4.78, 5) is 25.3. The first-order chi connectivity index (χ1) is 11.2. The van der Waals surface area contributed by atoms with Crippen LogP contribution in [0.2, 0.25) is 0 Å². The molecule has 1 aliphatic rings. The van der Waals surface area contributed by atoms with E-state index in [1.54, 1.807) is 32.0 Å². The first kappa shape index (κ1) is 18.3. The van der Waals surface area contributed by atoms with Crippen molar-refractivity contribution in [3.63, 3.8) is 0 Å². The van der Waals surface area contributed by atoms with Crippen molar-refractivity contribution in [2.24, 2.45) is 5.92 Å². The smallest absolute Gasteiger partial charge is 0.308 e. The molecule has 1 saturated heterocycles. The Kier molecular flexibility index (Phi) is 5.48. The molecule has 2 N–H and O–H groups in total. The predicted molar refractivity (Wildman–Crippen MR) is 90.4 cm³/mol. The van der Waals surface area contributed by atoms with Crippen LogP contribution in [-0.2, 0) is 14.8 Å². The quantitative estimate of drug-likeness (QED) is 0.810. The summed E-state index contributed by atoms with van der Waals surface area (Å²) in [6, 6.07) is 5.87. The minimum Gasteiger partial charge on any atom is -0.481 e. The SMILES string of the molecule is CCCS(=O)(=O)Nc1cccc(C(=O)N2CCC(C(=O)O)C2C)c1. The van der Waals surface area contributed by atoms with Crippen LogP contribution in [0.1, 0.15) is 37.0 Å². The molecule has 0 aliphatic carbocycles. The van der Waals surface area contributed by atoms with Gasteiger partial charge in [-0.15, -0.1) is 0 Å². The molecule has 24 heavy (non-hydrogen) atoms. The fourth-order valence-corrected chi connectivity index (χ4v) is 4.06. The largest absolute Gasteiger partial charge is 0.481 e. The highest BCUT2D eigenvalue weighted by Gasteiger charge is 2.38. The van der Waals surface area contributed by atoms with Gasteiger partial charge in [-0.2, -0.15) is 0 Å². The molecule has 1 aliphatic heterocycles. The van der Waals surface area contributed by atoms with Crippen LogP contribution >= 0.6 is 0 Å². The molecule has 1 heterocycles. The first-order valence-electron chi connectivity index (χ1n) is 7.89. The van der Waals surface area contributed by atoms with Gasteiger partial charge in [0.25, 0.3) is 5.91 Å². The minimum atomic E-state index is -3.43. The molecule has 8 heteroatoms. The van der Waals surface area contributed by atoms with E-state index < -0.39 is 28.0 Å². The van der Waals surface area contributed by atoms with Gasteiger partial charge >= 0.3 is 5.97 Å². The Morgan fingerprint density at radius 3 is 2.67 bits per heavy atom. The van der Waals surface area contributed by atoms with Crippen molar-refractivity contribution in [1.29, 1.82) is 0 Å². The minimum absolute atomic E-state index is 0.00856. The lowest BCUT2D eigenvalue weighted by molar-refractivity contribution is -0.142. The molecule has 0 spiro atoms. The summed E-state index contributed by atoms with van der Waals surface area (Å²) in [5, 5.41) is 9.16. The molecule has 0 saturated carbocycles. The molecule has 0 radical (unpaired) electrons. The van der Waals surface area contributed by atoms with Gasteiger partial charge in [-0.05, 0) is 38.0 Å². The maximum absolute atomic E-state index is 12.6. The monoisotopic (exact) mass is 354 g/mol. The third-order valence-electron chi connectivity index (χ3n) is 4.19. The lowest BCUT2D eigenvalue weighted by atomic mass is 10.0. The van der Waals surface area contributed by atoms with Gasteiger partial charge in [0.1, 0.15) is 0 Å². The number of hydrogen-bond acceptors (Lipinski definition) is 4. The second-order valence-corrected chi connectivity index (χ2v) is 7.82. The van der Waals surface area contributed by atoms with E-state index in [1.807, 2.05) is 0 Å². The third-order valence-corrected chi connectivity index (χ3v) is 5.68. The van der Waals surface area contributed by atoms with Crippen LogP contribution in [0.3, 0.4) is 0 Å². The topological polar surface area (TPSA) is 104 Å². The molecule has 2 unspecified atom stereocenters. The summed E-state index contributed by atoms with van der Waals surface area (Å²) >= 11 is 0. The first-order valence-corrected chi connectivity index (χ1v) is 9.54. The molecule has 0 bridgehead atoms. The summed E-state index contributed by atoms with van der Waals surface area (Å²) < 4.78 is 26.1. The lowest BCUT2D eigenvalue weighted by Gasteiger charge is -2.23. The second kappa shape index (κ2) is 7.21. The van der Waals surface area contributed by atoms with Gasteiger partial charge in [0, 0.05) is 23.8 Å². The van der Waals surface area contributed by atoms with Gasteiger partial charge in [-0.1, -0.05) is 13.0 Å². The van der Waals surface area contributed by atoms with Crippen molar-refractivity contribution in [2.45, 2.75) is 32.7 Å². The van der Waals surface area contributed by atoms with Gasteiger partial charge in [-0.3, -0.25) is 14.3 Å². The normalized spacial score (nSPS) is 20.8. The highest BCUT2D eigenvalue weighted by molar-refractivity contribution is 7.92. The average molecular weight is 354 g/mol. The molecule has 1 aromatic rings. The van der Waals surface area contributed by atoms with E-state index in [9.17, 15) is 18.0 Å². The number of aliphatic carboxylic acids is 1. The van der Waals surface area contributed by atoms with Gasteiger partial charge < -0.3 is 10.0 Å². The fraction of sp³-hybridized carbons (Fsp3) is 0.500. The van der Waals surface area contributed by atoms with Crippen LogP contribution in [0.5, 0.6) is 0 Å². The molecule has 132 valence electrons. The van der Waals surface area contributed by atoms with E-state index in [2.05, 4.69) is 4.72 Å². The van der Waals surface area contributed by atoms with Crippen LogP contribution < -0.4 is 4.72 Å². The Morgan fingerprint density at radius 1 is 1.38 bits per heavy atom. The number of nitrogens with one attached hydrogen (secondary N) is 1. The van der Waals surface area contributed by atoms with Crippen LogP contribution in [-0.4, -0.2) is 48.6 Å². The van der Waals surface area contributed by atoms with Gasteiger partial charge in [0.05, 0.1) is 11.7 Å². The van der Waals surface area contributed by atoms with E-state index in [4.69, 9.17) is 5.11 Å². The van der Waals surface area contributed by atoms with Crippen molar-refractivity contribution in [2.75, 3.05) is 17.0 Å². The van der Waals surface area contributed by atoms with Crippen LogP contribution in [0.25, 0.3) is 0 Å². The molecule has 2 rings (SSSR count). The van der Waals surface area contributed by atoms with Gasteiger partial charge in [0.15, 0.2) is 0 Å². The van der Waals surface area contributed by atoms with E-state index in [-0.39, 0.29) is 11.7 Å². The molecule has 1 aromatic carbocycles. The Bertz CT molecular complexity index is 732. The number of hydrogen-bond donors (Lipinski definition) is 2. The van der Waals surface area contributed by atoms with Gasteiger partial charge in [0.2, 0.25) is 10.0 Å². The number of carboxylic acid groups (broad SMARTS) is 1. The molecular formula is C16H22N2O5S. The molecular weight excluding hydrogens is 332 g/mol. The number of likely N-dealkylation sites (tertiary alicyclic amines) is 1. The molecule has 1 amide bonds. The number of anilines is 1. The predicted octanol–water partition coefficient (Wildman–Crippen LogP) is 1.77. The second-order valence-electron chi connectivity index (χ2n) is 5.97. The van der Waals surface area contributed by atoms with Crippen molar-refractivity contribution >= 4 is 27.6 Å². The number of carbonyl (C=O) groups is 2. The van der Waals surface area contributed by atoms with Crippen LogP contribution in [0, 0.1) is 5.92 Å². The summed E-state index contributed by atoms with van der Waals surface area (Å²) in [6.07, 6.45) is 0.918. The standard InChI is InChI=1S/C16H22N2O5S/c1-3-9-24(22,23)17-13-6-4-5-12(10-13)15(19)18-8-7-14(11(18)2)16(20)21/h4-6,10-11,14,17H,3,7-9H2,1-2H3,(H,20,21). The van der Waals surface area contributed by atoms with E-state index >= 15 is 0 Å². The van der Waals surface area contributed by atoms with Crippen molar-refractivity contribution in [3.8, 4) is 0 Å². The van der Waals surface area contributed by atoms with Crippen LogP contribution in [0.4, 0.5) is 5.69 Å². The zero-order valence-electron chi connectivity index (χ0n) is 13.7. The number of carboxylic acids is 1. The molecule has 7 nitrogen and oxygen atoms in total. The summed E-state index contributed by atoms with van der Waals surface area (Å²) in [5.74, 6) is -1.75. The maximum Gasteiger partial charge on any atom is 0.308 e. The number of rotatable bonds is 6. The van der Waals surface area contributed by atoms with E-state index in [0.29, 0.717) is 30.6 Å². The van der Waals surface area contributed by atoms with E-state index in [1.165, 1.54) is 11.0 Å². The lowest BCUT2D eigenvalue weighted by Crippen LogP contribution is -2.37. The zero-order valence-corrected chi connectivity index (χ0v) is 14.5. The number of carbonyl (C=O) groups excluding carboxylic acids is 1. The Labute approximate surface area is 141 Å². The fourth-order valence-electron chi connectivity index (χ4n) is 2.94. The number of amides is 1. The Hall–Kier alpha value is -2.09. The third kappa shape index (κ3) is 4.05. The van der Waals surface area contributed by atoms with Gasteiger partial charge in [-0.25, -0.2) is 8.42 Å². The summed E-state index contributed by atoms with van der Waals surface area (Å²) in [6.45, 7) is 3.87. The average Bonchev–Trinajstić information content (AvgIpc) is 2.88. The van der Waals surface area contributed by atoms with Crippen LogP contribution in [0.15, 0.2) is 24.3 Å². The summed E-state index contributed by atoms with van der Waals surface area (Å²) in [5.41, 5.74) is 0.667. The molecule has 2 atom stereocenters. The Balaban J connectivity index is 2.17. The summed E-state index contributed by atoms with van der Waals surface area (Å²) in [7, 11) is -3.43. The molecule has 0 aromatic heterocycles. The zero-order chi connectivity index (χ0) is 17.9. The number of sulfonamides is 1. The van der Waals surface area contributed by atoms with E-state index in [0.717, 1.165) is 0 Å². The van der Waals surface area contributed by atoms with Crippen molar-refractivity contribution in [3.05, 3.63) is 29.8 Å². The van der Waals surface area contributed by atoms with Crippen molar-refractivity contribution < 1.29 is 23.1 Å². The molecule has 1 fully saturated rings. The Morgan fingerprint density at radius 2 is 2.08 bits per heavy atom.